The molecule has 0 radical (unpaired) electrons. The Labute approximate surface area is 104 Å². The molecule has 2 heterocycles. The zero-order chi connectivity index (χ0) is 12.6. The molecule has 4 nitrogen and oxygen atoms in total. The summed E-state index contributed by atoms with van der Waals surface area (Å²) in [5.41, 5.74) is 7.26. The molecule has 0 aromatic carbocycles. The Morgan fingerprint density at radius 2 is 1.88 bits per heavy atom. The molecule has 1 aromatic rings. The molecule has 1 aromatic heterocycles. The Bertz CT molecular complexity index is 381. The molecule has 0 saturated carbocycles. The summed E-state index contributed by atoms with van der Waals surface area (Å²) in [6, 6.07) is 2.50. The van der Waals surface area contributed by atoms with Gasteiger partial charge in [0.15, 0.2) is 0 Å². The van der Waals surface area contributed by atoms with E-state index in [0.717, 1.165) is 37.4 Å². The summed E-state index contributed by atoms with van der Waals surface area (Å²) < 4.78 is 2.04. The van der Waals surface area contributed by atoms with Crippen LogP contribution in [0.1, 0.15) is 45.3 Å². The highest BCUT2D eigenvalue weighted by Gasteiger charge is 2.24. The first-order valence-corrected chi connectivity index (χ1v) is 6.42. The van der Waals surface area contributed by atoms with Crippen molar-refractivity contribution in [2.24, 2.45) is 0 Å². The van der Waals surface area contributed by atoms with Crippen LogP contribution in [0.25, 0.3) is 0 Å². The van der Waals surface area contributed by atoms with Gasteiger partial charge in [-0.25, -0.2) is 4.68 Å². The van der Waals surface area contributed by atoms with E-state index >= 15 is 0 Å². The molecule has 96 valence electrons. The summed E-state index contributed by atoms with van der Waals surface area (Å²) in [6.07, 6.45) is 2.29. The van der Waals surface area contributed by atoms with Gasteiger partial charge in [0.05, 0.1) is 11.7 Å². The third kappa shape index (κ3) is 2.63. The first-order valence-electron chi connectivity index (χ1n) is 6.42. The highest BCUT2D eigenvalue weighted by molar-refractivity contribution is 5.34. The van der Waals surface area contributed by atoms with E-state index in [0.29, 0.717) is 6.04 Å². The summed E-state index contributed by atoms with van der Waals surface area (Å²) in [4.78, 5) is 2.36. The molecular weight excluding hydrogens is 212 g/mol. The molecular formula is C13H24N4. The van der Waals surface area contributed by atoms with E-state index < -0.39 is 0 Å². The number of nitrogens with zero attached hydrogens (tertiary/aromatic N) is 3. The Balaban J connectivity index is 2.19. The highest BCUT2D eigenvalue weighted by atomic mass is 15.3. The van der Waals surface area contributed by atoms with Gasteiger partial charge in [-0.1, -0.05) is 20.8 Å². The molecule has 0 unspecified atom stereocenters. The number of hydrogen-bond acceptors (Lipinski definition) is 3. The minimum atomic E-state index is 0.0742. The summed E-state index contributed by atoms with van der Waals surface area (Å²) in [5, 5.41) is 4.70. The van der Waals surface area contributed by atoms with Gasteiger partial charge in [0.25, 0.3) is 0 Å². The molecule has 0 amide bonds. The Morgan fingerprint density at radius 1 is 1.29 bits per heavy atom. The van der Waals surface area contributed by atoms with Crippen molar-refractivity contribution in [3.05, 3.63) is 11.8 Å². The first kappa shape index (κ1) is 12.4. The standard InChI is InChI=1S/C13H24N4/c1-13(2,3)11-9-12(14)17(15-11)10-5-7-16(4)8-6-10/h9-10H,5-8,14H2,1-4H3. The van der Waals surface area contributed by atoms with Crippen LogP contribution in [0.4, 0.5) is 5.82 Å². The van der Waals surface area contributed by atoms with Crippen LogP contribution in [0.3, 0.4) is 0 Å². The molecule has 0 spiro atoms. The van der Waals surface area contributed by atoms with Crippen LogP contribution >= 0.6 is 0 Å². The topological polar surface area (TPSA) is 47.1 Å². The maximum atomic E-state index is 6.09. The van der Waals surface area contributed by atoms with Crippen molar-refractivity contribution in [3.8, 4) is 0 Å². The number of aromatic nitrogens is 2. The highest BCUT2D eigenvalue weighted by Crippen LogP contribution is 2.28. The largest absolute Gasteiger partial charge is 0.384 e. The summed E-state index contributed by atoms with van der Waals surface area (Å²) in [5.74, 6) is 0.810. The van der Waals surface area contributed by atoms with E-state index in [2.05, 4.69) is 32.7 Å². The van der Waals surface area contributed by atoms with Crippen molar-refractivity contribution in [1.29, 1.82) is 0 Å². The Morgan fingerprint density at radius 3 is 2.35 bits per heavy atom. The monoisotopic (exact) mass is 236 g/mol. The third-order valence-corrected chi connectivity index (χ3v) is 3.57. The van der Waals surface area contributed by atoms with Gasteiger partial charge in [0.1, 0.15) is 5.82 Å². The van der Waals surface area contributed by atoms with E-state index in [1.807, 2.05) is 10.7 Å². The van der Waals surface area contributed by atoms with Crippen LogP contribution < -0.4 is 5.73 Å². The van der Waals surface area contributed by atoms with Gasteiger partial charge in [0, 0.05) is 11.5 Å². The number of hydrogen-bond donors (Lipinski definition) is 1. The van der Waals surface area contributed by atoms with Gasteiger partial charge in [-0.3, -0.25) is 0 Å². The van der Waals surface area contributed by atoms with E-state index in [4.69, 9.17) is 10.8 Å². The fourth-order valence-electron chi connectivity index (χ4n) is 2.31. The molecule has 1 aliphatic heterocycles. The lowest BCUT2D eigenvalue weighted by atomic mass is 9.92. The molecule has 2 N–H and O–H groups in total. The minimum Gasteiger partial charge on any atom is -0.384 e. The van der Waals surface area contributed by atoms with Gasteiger partial charge in [-0.2, -0.15) is 5.10 Å². The smallest absolute Gasteiger partial charge is 0.122 e. The Hall–Kier alpha value is -1.03. The van der Waals surface area contributed by atoms with Gasteiger partial charge >= 0.3 is 0 Å². The number of nitrogens with two attached hydrogens (primary N) is 1. The van der Waals surface area contributed by atoms with E-state index in [1.54, 1.807) is 0 Å². The summed E-state index contributed by atoms with van der Waals surface area (Å²) in [7, 11) is 2.17. The number of piperidine rings is 1. The second-order valence-corrected chi connectivity index (χ2v) is 6.18. The lowest BCUT2D eigenvalue weighted by molar-refractivity contribution is 0.213. The SMILES string of the molecule is CN1CCC(n2nc(C(C)(C)C)cc2N)CC1. The van der Waals surface area contributed by atoms with Crippen LogP contribution in [0.2, 0.25) is 0 Å². The number of nitrogen functional groups attached to an aromatic ring is 1. The number of anilines is 1. The van der Waals surface area contributed by atoms with E-state index in [9.17, 15) is 0 Å². The normalized spacial score (nSPS) is 19.8. The van der Waals surface area contributed by atoms with Crippen molar-refractivity contribution >= 4 is 5.82 Å². The lowest BCUT2D eigenvalue weighted by Gasteiger charge is -2.29. The van der Waals surface area contributed by atoms with Gasteiger partial charge in [0.2, 0.25) is 0 Å². The number of likely N-dealkylation sites (tertiary alicyclic amines) is 1. The Kier molecular flexibility index (Phi) is 3.17. The molecule has 1 fully saturated rings. The van der Waals surface area contributed by atoms with Crippen LogP contribution in [-0.2, 0) is 5.41 Å². The van der Waals surface area contributed by atoms with Crippen LogP contribution in [-0.4, -0.2) is 34.8 Å². The lowest BCUT2D eigenvalue weighted by Crippen LogP contribution is -2.32. The van der Waals surface area contributed by atoms with E-state index in [1.165, 1.54) is 0 Å². The van der Waals surface area contributed by atoms with Crippen molar-refractivity contribution in [3.63, 3.8) is 0 Å². The average Bonchev–Trinajstić information content (AvgIpc) is 2.61. The summed E-state index contributed by atoms with van der Waals surface area (Å²) >= 11 is 0. The molecule has 17 heavy (non-hydrogen) atoms. The molecule has 4 heteroatoms. The maximum Gasteiger partial charge on any atom is 0.122 e. The molecule has 1 aliphatic rings. The number of rotatable bonds is 1. The van der Waals surface area contributed by atoms with Crippen LogP contribution in [0.5, 0.6) is 0 Å². The molecule has 0 atom stereocenters. The van der Waals surface area contributed by atoms with Gasteiger partial charge in [-0.15, -0.1) is 0 Å². The molecule has 0 bridgehead atoms. The summed E-state index contributed by atoms with van der Waals surface area (Å²) in [6.45, 7) is 8.79. The van der Waals surface area contributed by atoms with Crippen molar-refractivity contribution in [2.75, 3.05) is 25.9 Å². The molecule has 0 aliphatic carbocycles. The fraction of sp³-hybridized carbons (Fsp3) is 0.769. The van der Waals surface area contributed by atoms with Gasteiger partial charge < -0.3 is 10.6 Å². The maximum absolute atomic E-state index is 6.09. The van der Waals surface area contributed by atoms with Gasteiger partial charge in [-0.05, 0) is 33.0 Å². The quantitative estimate of drug-likeness (QED) is 0.811. The molecule has 2 rings (SSSR count). The van der Waals surface area contributed by atoms with Crippen molar-refractivity contribution < 1.29 is 0 Å². The van der Waals surface area contributed by atoms with Crippen LogP contribution in [0.15, 0.2) is 6.07 Å². The average molecular weight is 236 g/mol. The van der Waals surface area contributed by atoms with E-state index in [-0.39, 0.29) is 5.41 Å². The zero-order valence-electron chi connectivity index (χ0n) is 11.4. The third-order valence-electron chi connectivity index (χ3n) is 3.57. The second-order valence-electron chi connectivity index (χ2n) is 6.18. The zero-order valence-corrected chi connectivity index (χ0v) is 11.4. The van der Waals surface area contributed by atoms with Crippen molar-refractivity contribution in [1.82, 2.24) is 14.7 Å². The first-order chi connectivity index (χ1) is 7.88. The second kappa shape index (κ2) is 4.33. The minimum absolute atomic E-state index is 0.0742. The van der Waals surface area contributed by atoms with Crippen LogP contribution in [0, 0.1) is 0 Å². The molecule has 1 saturated heterocycles. The predicted octanol–water partition coefficient (Wildman–Crippen LogP) is 2.03. The predicted molar refractivity (Wildman–Crippen MR) is 71.1 cm³/mol. The fourth-order valence-corrected chi connectivity index (χ4v) is 2.31. The van der Waals surface area contributed by atoms with Crippen molar-refractivity contribution in [2.45, 2.75) is 45.1 Å².